The highest BCUT2D eigenvalue weighted by Gasteiger charge is 2.27. The Bertz CT molecular complexity index is 1230. The van der Waals surface area contributed by atoms with Crippen LogP contribution < -0.4 is 20.3 Å². The molecule has 1 aromatic carbocycles. The van der Waals surface area contributed by atoms with E-state index in [1.54, 1.807) is 30.6 Å². The van der Waals surface area contributed by atoms with Crippen LogP contribution in [0, 0.1) is 0 Å². The van der Waals surface area contributed by atoms with E-state index in [1.165, 1.54) is 12.3 Å². The number of amides is 1. The van der Waals surface area contributed by atoms with Crippen LogP contribution in [-0.4, -0.2) is 57.2 Å². The summed E-state index contributed by atoms with van der Waals surface area (Å²) in [6.45, 7) is 1.03. The first-order valence-corrected chi connectivity index (χ1v) is 11.1. The molecule has 1 unspecified atom stereocenters. The summed E-state index contributed by atoms with van der Waals surface area (Å²) in [5, 5.41) is 15.8. The second-order valence-electron chi connectivity index (χ2n) is 7.67. The van der Waals surface area contributed by atoms with Crippen molar-refractivity contribution in [2.45, 2.75) is 32.0 Å². The van der Waals surface area contributed by atoms with E-state index >= 15 is 0 Å². The van der Waals surface area contributed by atoms with Gasteiger partial charge in [-0.15, -0.1) is 0 Å². The van der Waals surface area contributed by atoms with Gasteiger partial charge in [0.1, 0.15) is 23.0 Å². The molecule has 2 aromatic heterocycles. The third kappa shape index (κ3) is 5.52. The molecule has 1 amide bonds. The predicted molar refractivity (Wildman–Crippen MR) is 128 cm³/mol. The smallest absolute Gasteiger partial charge is 0.256 e. The summed E-state index contributed by atoms with van der Waals surface area (Å²) in [6, 6.07) is 6.31. The maximum atomic E-state index is 13.0. The van der Waals surface area contributed by atoms with Crippen LogP contribution in [0.5, 0.6) is 5.75 Å². The van der Waals surface area contributed by atoms with Gasteiger partial charge in [0.25, 0.3) is 5.91 Å². The van der Waals surface area contributed by atoms with E-state index in [2.05, 4.69) is 30.6 Å². The second kappa shape index (κ2) is 11.1. The summed E-state index contributed by atoms with van der Waals surface area (Å²) in [5.41, 5.74) is 0.925. The van der Waals surface area contributed by atoms with Gasteiger partial charge in [0.15, 0.2) is 0 Å². The van der Waals surface area contributed by atoms with Gasteiger partial charge in [0.2, 0.25) is 5.95 Å². The number of hydrogen-bond acceptors (Lipinski definition) is 9. The Morgan fingerprint density at radius 1 is 1.32 bits per heavy atom. The number of benzene rings is 1. The van der Waals surface area contributed by atoms with Gasteiger partial charge in [-0.25, -0.2) is 15.0 Å². The van der Waals surface area contributed by atoms with Crippen molar-refractivity contribution in [3.63, 3.8) is 0 Å². The summed E-state index contributed by atoms with van der Waals surface area (Å²) >= 11 is 6.21. The van der Waals surface area contributed by atoms with Gasteiger partial charge >= 0.3 is 0 Å². The van der Waals surface area contributed by atoms with E-state index in [1.807, 2.05) is 4.90 Å². The molecule has 0 radical (unpaired) electrons. The summed E-state index contributed by atoms with van der Waals surface area (Å²) < 4.78 is 26.6. The molecule has 0 saturated carbocycles. The van der Waals surface area contributed by atoms with Crippen LogP contribution in [0.15, 0.2) is 42.9 Å². The fourth-order valence-electron chi connectivity index (χ4n) is 3.70. The Labute approximate surface area is 206 Å². The molecule has 0 aliphatic carbocycles. The minimum absolute atomic E-state index is 0.0192. The highest BCUT2D eigenvalue weighted by atomic mass is 35.5. The molecule has 1 saturated heterocycles. The lowest BCUT2D eigenvalue weighted by molar-refractivity contribution is 0.0950. The largest absolute Gasteiger partial charge is 0.495 e. The Balaban J connectivity index is 1.55. The number of aliphatic hydroxyl groups excluding tert-OH is 1. The van der Waals surface area contributed by atoms with Crippen molar-refractivity contribution in [3.05, 3.63) is 64.8 Å². The first-order valence-electron chi connectivity index (χ1n) is 12.2. The lowest BCUT2D eigenvalue weighted by Crippen LogP contribution is -2.34. The lowest BCUT2D eigenvalue weighted by Gasteiger charge is -2.24. The summed E-state index contributed by atoms with van der Waals surface area (Å²) in [7, 11) is -2.62. The zero-order valence-corrected chi connectivity index (χ0v) is 19.0. The van der Waals surface area contributed by atoms with E-state index in [0.717, 1.165) is 12.8 Å². The summed E-state index contributed by atoms with van der Waals surface area (Å²) in [5.74, 6) is 0.781. The van der Waals surface area contributed by atoms with Crippen molar-refractivity contribution in [1.29, 1.82) is 0 Å². The summed E-state index contributed by atoms with van der Waals surface area (Å²) in [6.07, 6.45) is 6.35. The Kier molecular flexibility index (Phi) is 6.49. The van der Waals surface area contributed by atoms with Gasteiger partial charge in [0.05, 0.1) is 35.4 Å². The van der Waals surface area contributed by atoms with E-state index in [0.29, 0.717) is 29.7 Å². The molecule has 4 rings (SSSR count). The molecule has 1 fully saturated rings. The monoisotopic (exact) mass is 486 g/mol. The average Bonchev–Trinajstić information content (AvgIpc) is 3.36. The highest BCUT2D eigenvalue weighted by Crippen LogP contribution is 2.27. The van der Waals surface area contributed by atoms with Crippen molar-refractivity contribution in [2.75, 3.05) is 30.4 Å². The standard InChI is InChI=1S/C23H26ClN7O3/c1-34-19-6-5-15(10-18(19)24)11-27-21-17(22(33)28-13-20-25-7-3-8-26-20)12-29-23(30-21)31-9-2-4-16(31)14-32/h3,5-8,10,12,16,32H,2,4,9,11,13-14H2,1H3,(H,28,33)(H,27,29,30)/i1D3. The third-order valence-electron chi connectivity index (χ3n) is 5.46. The van der Waals surface area contributed by atoms with Crippen LogP contribution in [0.2, 0.25) is 5.02 Å². The number of carbonyl (C=O) groups excluding carboxylic acids is 1. The van der Waals surface area contributed by atoms with Crippen LogP contribution in [0.25, 0.3) is 0 Å². The highest BCUT2D eigenvalue weighted by molar-refractivity contribution is 6.32. The molecule has 3 heterocycles. The van der Waals surface area contributed by atoms with Crippen molar-refractivity contribution in [1.82, 2.24) is 25.3 Å². The molecular formula is C23H26ClN7O3. The number of aliphatic hydroxyl groups is 1. The van der Waals surface area contributed by atoms with E-state index in [9.17, 15) is 9.90 Å². The van der Waals surface area contributed by atoms with Crippen molar-refractivity contribution in [2.24, 2.45) is 0 Å². The van der Waals surface area contributed by atoms with Crippen LogP contribution in [0.4, 0.5) is 11.8 Å². The number of nitrogens with one attached hydrogen (secondary N) is 2. The fraction of sp³-hybridized carbons (Fsp3) is 0.348. The molecule has 3 aromatic rings. The normalized spacial score (nSPS) is 16.9. The number of anilines is 2. The zero-order valence-electron chi connectivity index (χ0n) is 21.2. The minimum Gasteiger partial charge on any atom is -0.495 e. The number of methoxy groups -OCH3 is 1. The zero-order chi connectivity index (χ0) is 26.4. The molecule has 0 bridgehead atoms. The number of rotatable bonds is 9. The van der Waals surface area contributed by atoms with Gasteiger partial charge < -0.3 is 25.4 Å². The van der Waals surface area contributed by atoms with Gasteiger partial charge in [-0.3, -0.25) is 4.79 Å². The molecule has 3 N–H and O–H groups in total. The van der Waals surface area contributed by atoms with E-state index in [4.69, 9.17) is 20.5 Å². The van der Waals surface area contributed by atoms with Crippen LogP contribution >= 0.6 is 11.6 Å². The van der Waals surface area contributed by atoms with Crippen molar-refractivity contribution in [3.8, 4) is 5.75 Å². The Hall–Kier alpha value is -3.50. The summed E-state index contributed by atoms with van der Waals surface area (Å²) in [4.78, 5) is 32.1. The Morgan fingerprint density at radius 3 is 2.94 bits per heavy atom. The van der Waals surface area contributed by atoms with Gasteiger partial charge in [-0.2, -0.15) is 4.98 Å². The molecular weight excluding hydrogens is 458 g/mol. The van der Waals surface area contributed by atoms with Gasteiger partial charge in [-0.05, 0) is 36.6 Å². The Morgan fingerprint density at radius 2 is 2.18 bits per heavy atom. The number of halogens is 1. The number of carbonyl (C=O) groups is 1. The van der Waals surface area contributed by atoms with E-state index in [-0.39, 0.29) is 42.1 Å². The minimum atomic E-state index is -2.62. The maximum Gasteiger partial charge on any atom is 0.256 e. The molecule has 1 aliphatic heterocycles. The number of hydrogen-bond donors (Lipinski definition) is 3. The first-order chi connectivity index (χ1) is 17.7. The SMILES string of the molecule is [2H]C([2H])([2H])Oc1ccc(CNc2nc(N3CCCC3CO)ncc2C(=O)NCc2ncccn2)cc1Cl. The second-order valence-corrected chi connectivity index (χ2v) is 8.08. The molecule has 1 atom stereocenters. The van der Waals surface area contributed by atoms with Crippen LogP contribution in [-0.2, 0) is 13.1 Å². The molecule has 34 heavy (non-hydrogen) atoms. The number of aromatic nitrogens is 4. The number of ether oxygens (including phenoxy) is 1. The topological polar surface area (TPSA) is 125 Å². The number of nitrogens with zero attached hydrogens (tertiary/aromatic N) is 5. The van der Waals surface area contributed by atoms with E-state index < -0.39 is 12.9 Å². The average molecular weight is 487 g/mol. The molecule has 11 heteroatoms. The van der Waals surface area contributed by atoms with Crippen molar-refractivity contribution < 1.29 is 18.8 Å². The maximum absolute atomic E-state index is 13.0. The van der Waals surface area contributed by atoms with Gasteiger partial charge in [-0.1, -0.05) is 17.7 Å². The first kappa shape index (κ1) is 19.9. The van der Waals surface area contributed by atoms with Crippen molar-refractivity contribution >= 4 is 29.3 Å². The predicted octanol–water partition coefficient (Wildman–Crippen LogP) is 2.43. The lowest BCUT2D eigenvalue weighted by atomic mass is 10.2. The van der Waals surface area contributed by atoms with Gasteiger partial charge in [0, 0.05) is 31.7 Å². The molecule has 178 valence electrons. The fourth-order valence-corrected chi connectivity index (χ4v) is 3.94. The molecule has 0 spiro atoms. The van der Waals surface area contributed by atoms with Crippen LogP contribution in [0.3, 0.4) is 0 Å². The quantitative estimate of drug-likeness (QED) is 0.418. The molecule has 10 nitrogen and oxygen atoms in total. The molecule has 1 aliphatic rings. The van der Waals surface area contributed by atoms with Crippen LogP contribution in [0.1, 0.15) is 38.7 Å². The third-order valence-corrected chi connectivity index (χ3v) is 5.75.